The summed E-state index contributed by atoms with van der Waals surface area (Å²) in [6.07, 6.45) is 0. The number of rotatable bonds is 3. The highest BCUT2D eigenvalue weighted by atomic mass is 16.2. The molecule has 0 unspecified atom stereocenters. The molecule has 1 heterocycles. The molecule has 1 aliphatic rings. The number of carbonyl (C=O) groups excluding carboxylic acids is 2. The molecule has 0 aliphatic carbocycles. The van der Waals surface area contributed by atoms with E-state index < -0.39 is 0 Å². The van der Waals surface area contributed by atoms with Crippen LogP contribution in [0.5, 0.6) is 0 Å². The van der Waals surface area contributed by atoms with Crippen molar-refractivity contribution in [3.05, 3.63) is 59.7 Å². The van der Waals surface area contributed by atoms with Crippen LogP contribution in [0.4, 0.5) is 11.4 Å². The number of piperazine rings is 1. The molecule has 1 saturated heterocycles. The molecule has 1 N–H and O–H groups in total. The zero-order chi connectivity index (χ0) is 20.3. The van der Waals surface area contributed by atoms with Crippen molar-refractivity contribution in [3.8, 4) is 0 Å². The number of carbonyl (C=O) groups is 2. The van der Waals surface area contributed by atoms with E-state index in [1.165, 1.54) is 12.5 Å². The van der Waals surface area contributed by atoms with E-state index >= 15 is 0 Å². The smallest absolute Gasteiger partial charge is 0.253 e. The Hall–Kier alpha value is -2.82. The molecule has 28 heavy (non-hydrogen) atoms. The second kappa shape index (κ2) is 8.05. The van der Waals surface area contributed by atoms with Crippen molar-refractivity contribution in [1.82, 2.24) is 4.90 Å². The minimum Gasteiger partial charge on any atom is -0.368 e. The first-order valence-corrected chi connectivity index (χ1v) is 9.76. The average molecular weight is 380 g/mol. The fraction of sp³-hybridized carbons (Fsp3) is 0.391. The fourth-order valence-electron chi connectivity index (χ4n) is 3.42. The first kappa shape index (κ1) is 19.9. The highest BCUT2D eigenvalue weighted by Crippen LogP contribution is 2.23. The second-order valence-corrected chi connectivity index (χ2v) is 8.33. The lowest BCUT2D eigenvalue weighted by Gasteiger charge is -2.36. The second-order valence-electron chi connectivity index (χ2n) is 8.33. The summed E-state index contributed by atoms with van der Waals surface area (Å²) in [4.78, 5) is 28.1. The van der Waals surface area contributed by atoms with Crippen LogP contribution in [-0.2, 0) is 10.2 Å². The van der Waals surface area contributed by atoms with Gasteiger partial charge in [-0.1, -0.05) is 32.9 Å². The molecule has 0 spiro atoms. The molecule has 1 aliphatic heterocycles. The van der Waals surface area contributed by atoms with Gasteiger partial charge in [-0.25, -0.2) is 0 Å². The number of benzene rings is 2. The summed E-state index contributed by atoms with van der Waals surface area (Å²) in [5, 5.41) is 2.78. The Morgan fingerprint density at radius 3 is 1.93 bits per heavy atom. The highest BCUT2D eigenvalue weighted by Gasteiger charge is 2.23. The maximum absolute atomic E-state index is 12.8. The van der Waals surface area contributed by atoms with Crippen molar-refractivity contribution in [3.63, 3.8) is 0 Å². The molecule has 0 aromatic heterocycles. The number of nitrogens with zero attached hydrogens (tertiary/aromatic N) is 2. The van der Waals surface area contributed by atoms with Gasteiger partial charge in [-0.15, -0.1) is 0 Å². The summed E-state index contributed by atoms with van der Waals surface area (Å²) >= 11 is 0. The molecule has 3 rings (SSSR count). The number of hydrogen-bond donors (Lipinski definition) is 1. The Kier molecular flexibility index (Phi) is 5.73. The van der Waals surface area contributed by atoms with Crippen LogP contribution in [0.2, 0.25) is 0 Å². The monoisotopic (exact) mass is 379 g/mol. The van der Waals surface area contributed by atoms with Gasteiger partial charge < -0.3 is 15.1 Å². The van der Waals surface area contributed by atoms with Crippen molar-refractivity contribution < 1.29 is 9.59 Å². The maximum atomic E-state index is 12.8. The lowest BCUT2D eigenvalue weighted by molar-refractivity contribution is -0.114. The third-order valence-corrected chi connectivity index (χ3v) is 5.12. The predicted octanol–water partition coefficient (Wildman–Crippen LogP) is 3.90. The number of anilines is 2. The first-order chi connectivity index (χ1) is 13.2. The maximum Gasteiger partial charge on any atom is 0.253 e. The van der Waals surface area contributed by atoms with Gasteiger partial charge in [0.05, 0.1) is 0 Å². The van der Waals surface area contributed by atoms with E-state index in [0.717, 1.165) is 30.0 Å². The zero-order valence-electron chi connectivity index (χ0n) is 17.2. The number of nitrogens with one attached hydrogen (secondary N) is 1. The Bertz CT molecular complexity index is 828. The molecular formula is C23H29N3O2. The highest BCUT2D eigenvalue weighted by molar-refractivity contribution is 5.94. The van der Waals surface area contributed by atoms with E-state index in [-0.39, 0.29) is 17.2 Å². The van der Waals surface area contributed by atoms with Gasteiger partial charge in [0.1, 0.15) is 0 Å². The largest absolute Gasteiger partial charge is 0.368 e. The number of hydrogen-bond acceptors (Lipinski definition) is 3. The molecule has 5 nitrogen and oxygen atoms in total. The van der Waals surface area contributed by atoms with Crippen LogP contribution >= 0.6 is 0 Å². The van der Waals surface area contributed by atoms with Crippen LogP contribution in [0.15, 0.2) is 48.5 Å². The molecule has 2 aromatic carbocycles. The van der Waals surface area contributed by atoms with Gasteiger partial charge in [-0.05, 0) is 47.4 Å². The van der Waals surface area contributed by atoms with Crippen LogP contribution in [-0.4, -0.2) is 42.9 Å². The molecule has 0 saturated carbocycles. The molecule has 2 amide bonds. The summed E-state index contributed by atoms with van der Waals surface area (Å²) in [6.45, 7) is 11.0. The van der Waals surface area contributed by atoms with E-state index in [2.05, 4.69) is 43.1 Å². The van der Waals surface area contributed by atoms with Gasteiger partial charge in [0.15, 0.2) is 0 Å². The Morgan fingerprint density at radius 2 is 1.43 bits per heavy atom. The van der Waals surface area contributed by atoms with E-state index in [4.69, 9.17) is 0 Å². The minimum absolute atomic E-state index is 0.0737. The molecule has 2 aromatic rings. The minimum atomic E-state index is -0.0737. The van der Waals surface area contributed by atoms with Gasteiger partial charge in [0.2, 0.25) is 5.91 Å². The average Bonchev–Trinajstić information content (AvgIpc) is 2.67. The predicted molar refractivity (Wildman–Crippen MR) is 114 cm³/mol. The van der Waals surface area contributed by atoms with Gasteiger partial charge in [-0.2, -0.15) is 0 Å². The lowest BCUT2D eigenvalue weighted by atomic mass is 9.86. The molecule has 0 atom stereocenters. The van der Waals surface area contributed by atoms with Crippen molar-refractivity contribution in [1.29, 1.82) is 0 Å². The molecule has 1 fully saturated rings. The van der Waals surface area contributed by atoms with Gasteiger partial charge >= 0.3 is 0 Å². The summed E-state index contributed by atoms with van der Waals surface area (Å²) in [5.41, 5.74) is 3.97. The van der Waals surface area contributed by atoms with Crippen LogP contribution < -0.4 is 10.2 Å². The van der Waals surface area contributed by atoms with Gasteiger partial charge in [-0.3, -0.25) is 9.59 Å². The molecule has 148 valence electrons. The third-order valence-electron chi connectivity index (χ3n) is 5.12. The first-order valence-electron chi connectivity index (χ1n) is 9.76. The van der Waals surface area contributed by atoms with E-state index in [1.54, 1.807) is 0 Å². The van der Waals surface area contributed by atoms with Crippen molar-refractivity contribution in [2.75, 3.05) is 36.4 Å². The summed E-state index contributed by atoms with van der Waals surface area (Å²) in [5.74, 6) is 0.0246. The van der Waals surface area contributed by atoms with Crippen molar-refractivity contribution in [2.24, 2.45) is 0 Å². The molecule has 0 radical (unpaired) electrons. The Morgan fingerprint density at radius 1 is 0.857 bits per heavy atom. The van der Waals surface area contributed by atoms with Crippen LogP contribution in [0, 0.1) is 0 Å². The zero-order valence-corrected chi connectivity index (χ0v) is 17.2. The van der Waals surface area contributed by atoms with Crippen LogP contribution in [0.1, 0.15) is 43.6 Å². The standard InChI is InChI=1S/C23H29N3O2/c1-17(27)24-20-9-11-21(12-10-20)25-13-15-26(16-14-25)22(28)18-5-7-19(8-6-18)23(2,3)4/h5-12H,13-16H2,1-4H3,(H,24,27). The molecule has 5 heteroatoms. The van der Waals surface area contributed by atoms with E-state index in [1.807, 2.05) is 41.3 Å². The Labute approximate surface area is 167 Å². The topological polar surface area (TPSA) is 52.7 Å². The third kappa shape index (κ3) is 4.71. The summed E-state index contributed by atoms with van der Waals surface area (Å²) in [6, 6.07) is 15.8. The van der Waals surface area contributed by atoms with Crippen LogP contribution in [0.3, 0.4) is 0 Å². The lowest BCUT2D eigenvalue weighted by Crippen LogP contribution is -2.48. The van der Waals surface area contributed by atoms with E-state index in [9.17, 15) is 9.59 Å². The van der Waals surface area contributed by atoms with Gasteiger partial charge in [0, 0.05) is 50.0 Å². The molecule has 0 bridgehead atoms. The summed E-state index contributed by atoms with van der Waals surface area (Å²) < 4.78 is 0. The molecular weight excluding hydrogens is 350 g/mol. The van der Waals surface area contributed by atoms with Gasteiger partial charge in [0.25, 0.3) is 5.91 Å². The normalized spacial score (nSPS) is 14.7. The number of amides is 2. The van der Waals surface area contributed by atoms with Crippen molar-refractivity contribution in [2.45, 2.75) is 33.1 Å². The van der Waals surface area contributed by atoms with Crippen LogP contribution in [0.25, 0.3) is 0 Å². The van der Waals surface area contributed by atoms with E-state index in [0.29, 0.717) is 13.1 Å². The summed E-state index contributed by atoms with van der Waals surface area (Å²) in [7, 11) is 0. The van der Waals surface area contributed by atoms with Crippen molar-refractivity contribution >= 4 is 23.2 Å². The fourth-order valence-corrected chi connectivity index (χ4v) is 3.42. The Balaban J connectivity index is 1.58. The SMILES string of the molecule is CC(=O)Nc1ccc(N2CCN(C(=O)c3ccc(C(C)(C)C)cc3)CC2)cc1. The quantitative estimate of drug-likeness (QED) is 0.880.